The maximum absolute atomic E-state index is 12.5. The van der Waals surface area contributed by atoms with E-state index in [9.17, 15) is 14.7 Å². The number of thioether (sulfide) groups is 1. The Bertz CT molecular complexity index is 1370. The van der Waals surface area contributed by atoms with Crippen molar-refractivity contribution >= 4 is 50.3 Å². The zero-order chi connectivity index (χ0) is 22.3. The molecule has 0 fully saturated rings. The zero-order valence-electron chi connectivity index (χ0n) is 17.0. The van der Waals surface area contributed by atoms with Crippen LogP contribution in [0.2, 0.25) is 0 Å². The number of aryl methyl sites for hydroxylation is 2. The van der Waals surface area contributed by atoms with Crippen LogP contribution in [0, 0.1) is 0 Å². The molecule has 9 nitrogen and oxygen atoms in total. The monoisotopic (exact) mass is 502 g/mol. The molecule has 2 heterocycles. The molecule has 1 amide bonds. The molecule has 0 spiro atoms. The minimum absolute atomic E-state index is 0.0960. The first-order chi connectivity index (χ1) is 14.8. The van der Waals surface area contributed by atoms with Crippen molar-refractivity contribution in [2.75, 3.05) is 11.1 Å². The van der Waals surface area contributed by atoms with Crippen LogP contribution < -0.4 is 11.0 Å². The molecule has 4 rings (SSSR count). The quantitative estimate of drug-likeness (QED) is 0.406. The van der Waals surface area contributed by atoms with E-state index in [1.165, 1.54) is 16.3 Å². The van der Waals surface area contributed by atoms with Crippen LogP contribution in [-0.4, -0.2) is 40.7 Å². The first-order valence-corrected chi connectivity index (χ1v) is 11.0. The molecule has 11 heteroatoms. The van der Waals surface area contributed by atoms with Crippen molar-refractivity contribution in [3.63, 3.8) is 0 Å². The minimum Gasteiger partial charge on any atom is -0.507 e. The van der Waals surface area contributed by atoms with Crippen molar-refractivity contribution in [1.82, 2.24) is 23.9 Å². The Balaban J connectivity index is 1.47. The van der Waals surface area contributed by atoms with E-state index in [4.69, 9.17) is 0 Å². The smallest absolute Gasteiger partial charge is 0.328 e. The number of fused-ring (bicyclic) bond motifs is 1. The first kappa shape index (κ1) is 21.2. The van der Waals surface area contributed by atoms with Gasteiger partial charge in [-0.1, -0.05) is 27.7 Å². The van der Waals surface area contributed by atoms with Gasteiger partial charge < -0.3 is 15.0 Å². The summed E-state index contributed by atoms with van der Waals surface area (Å²) in [4.78, 5) is 24.5. The van der Waals surface area contributed by atoms with E-state index in [1.54, 1.807) is 66.7 Å². The number of nitrogens with one attached hydrogen (secondary N) is 1. The fourth-order valence-electron chi connectivity index (χ4n) is 3.27. The average Bonchev–Trinajstić information content (AvgIpc) is 3.21. The number of benzene rings is 2. The van der Waals surface area contributed by atoms with E-state index in [1.807, 2.05) is 0 Å². The summed E-state index contributed by atoms with van der Waals surface area (Å²) in [7, 11) is 5.18. The van der Waals surface area contributed by atoms with E-state index in [2.05, 4.69) is 31.4 Å². The molecule has 2 N–H and O–H groups in total. The number of aromatic nitrogens is 5. The summed E-state index contributed by atoms with van der Waals surface area (Å²) in [6.45, 7) is 0. The zero-order valence-corrected chi connectivity index (χ0v) is 19.4. The second-order valence-corrected chi connectivity index (χ2v) is 8.83. The number of anilines is 1. The molecule has 2 aromatic carbocycles. The number of hydrogen-bond donors (Lipinski definition) is 2. The van der Waals surface area contributed by atoms with Crippen molar-refractivity contribution in [1.29, 1.82) is 0 Å². The lowest BCUT2D eigenvalue weighted by molar-refractivity contribution is -0.113. The molecule has 0 aliphatic heterocycles. The number of nitrogens with zero attached hydrogens (tertiary/aromatic N) is 5. The van der Waals surface area contributed by atoms with Crippen LogP contribution in [0.1, 0.15) is 0 Å². The van der Waals surface area contributed by atoms with E-state index >= 15 is 0 Å². The topological polar surface area (TPSA) is 107 Å². The number of aromatic hydroxyl groups is 1. The molecular weight excluding hydrogens is 484 g/mol. The highest BCUT2D eigenvalue weighted by atomic mass is 79.9. The lowest BCUT2D eigenvalue weighted by Gasteiger charge is -2.07. The average molecular weight is 503 g/mol. The SMILES string of the molecule is Cn1c(SCC(=O)Nc2ccc3c(c2)n(C)c(=O)n3C)nnc1-c1cc(Br)ccc1O. The summed E-state index contributed by atoms with van der Waals surface area (Å²) in [5.41, 5.74) is 2.56. The van der Waals surface area contributed by atoms with Crippen LogP contribution in [0.25, 0.3) is 22.4 Å². The Morgan fingerprint density at radius 2 is 1.81 bits per heavy atom. The van der Waals surface area contributed by atoms with Crippen LogP contribution in [0.3, 0.4) is 0 Å². The Morgan fingerprint density at radius 1 is 1.06 bits per heavy atom. The predicted molar refractivity (Wildman–Crippen MR) is 123 cm³/mol. The molecule has 2 aromatic heterocycles. The summed E-state index contributed by atoms with van der Waals surface area (Å²) < 4.78 is 5.64. The van der Waals surface area contributed by atoms with Crippen molar-refractivity contribution in [3.05, 3.63) is 51.4 Å². The van der Waals surface area contributed by atoms with Gasteiger partial charge in [0.15, 0.2) is 11.0 Å². The molecule has 31 heavy (non-hydrogen) atoms. The van der Waals surface area contributed by atoms with Crippen molar-refractivity contribution in [2.24, 2.45) is 21.1 Å². The summed E-state index contributed by atoms with van der Waals surface area (Å²) in [5.74, 6) is 0.512. The molecule has 0 atom stereocenters. The number of rotatable bonds is 5. The highest BCUT2D eigenvalue weighted by molar-refractivity contribution is 9.10. The van der Waals surface area contributed by atoms with Gasteiger partial charge in [0.25, 0.3) is 0 Å². The van der Waals surface area contributed by atoms with E-state index < -0.39 is 0 Å². The van der Waals surface area contributed by atoms with Crippen molar-refractivity contribution < 1.29 is 9.90 Å². The fourth-order valence-corrected chi connectivity index (χ4v) is 4.35. The maximum Gasteiger partial charge on any atom is 0.328 e. The third kappa shape index (κ3) is 3.98. The third-order valence-electron chi connectivity index (χ3n) is 4.92. The second-order valence-electron chi connectivity index (χ2n) is 6.97. The minimum atomic E-state index is -0.208. The van der Waals surface area contributed by atoms with Crippen molar-refractivity contribution in [2.45, 2.75) is 5.16 Å². The summed E-state index contributed by atoms with van der Waals surface area (Å²) in [6.07, 6.45) is 0. The van der Waals surface area contributed by atoms with Gasteiger partial charge in [-0.3, -0.25) is 13.9 Å². The third-order valence-corrected chi connectivity index (χ3v) is 6.44. The number of carbonyl (C=O) groups excluding carboxylic acids is 1. The van der Waals surface area contributed by atoms with Gasteiger partial charge in [0, 0.05) is 31.3 Å². The van der Waals surface area contributed by atoms with Gasteiger partial charge in [-0.05, 0) is 36.4 Å². The van der Waals surface area contributed by atoms with Gasteiger partial charge in [0.05, 0.1) is 22.3 Å². The van der Waals surface area contributed by atoms with E-state index in [-0.39, 0.29) is 23.1 Å². The molecule has 0 bridgehead atoms. The number of halogens is 1. The molecule has 0 unspecified atom stereocenters. The van der Waals surface area contributed by atoms with Crippen LogP contribution in [0.5, 0.6) is 5.75 Å². The summed E-state index contributed by atoms with van der Waals surface area (Å²) in [5, 5.41) is 21.8. The van der Waals surface area contributed by atoms with Gasteiger partial charge in [-0.15, -0.1) is 10.2 Å². The molecular formula is C20H19BrN6O3S. The highest BCUT2D eigenvalue weighted by Gasteiger charge is 2.16. The molecule has 0 saturated carbocycles. The van der Waals surface area contributed by atoms with E-state index in [0.717, 1.165) is 15.5 Å². The Hall–Kier alpha value is -3.05. The Labute approximate surface area is 189 Å². The van der Waals surface area contributed by atoms with Crippen molar-refractivity contribution in [3.8, 4) is 17.1 Å². The van der Waals surface area contributed by atoms with Gasteiger partial charge >= 0.3 is 5.69 Å². The van der Waals surface area contributed by atoms with Gasteiger partial charge in [-0.2, -0.15) is 0 Å². The number of hydrogen-bond acceptors (Lipinski definition) is 6. The van der Waals surface area contributed by atoms with E-state index in [0.29, 0.717) is 22.2 Å². The molecule has 0 aliphatic carbocycles. The number of imidazole rings is 1. The van der Waals surface area contributed by atoms with Gasteiger partial charge in [0.1, 0.15) is 5.75 Å². The number of amides is 1. The molecule has 0 radical (unpaired) electrons. The predicted octanol–water partition coefficient (Wildman–Crippen LogP) is 2.87. The molecule has 0 saturated heterocycles. The highest BCUT2D eigenvalue weighted by Crippen LogP contribution is 2.32. The summed E-state index contributed by atoms with van der Waals surface area (Å²) in [6, 6.07) is 10.4. The van der Waals surface area contributed by atoms with Crippen LogP contribution in [0.15, 0.2) is 50.8 Å². The van der Waals surface area contributed by atoms with Gasteiger partial charge in [0.2, 0.25) is 5.91 Å². The number of carbonyl (C=O) groups is 1. The Kier molecular flexibility index (Phi) is 5.63. The lowest BCUT2D eigenvalue weighted by Crippen LogP contribution is -2.19. The summed E-state index contributed by atoms with van der Waals surface area (Å²) >= 11 is 4.62. The van der Waals surface area contributed by atoms with Crippen LogP contribution in [-0.2, 0) is 25.9 Å². The normalized spacial score (nSPS) is 11.2. The Morgan fingerprint density at radius 3 is 2.58 bits per heavy atom. The number of phenols is 1. The van der Waals surface area contributed by atoms with Crippen LogP contribution >= 0.6 is 27.7 Å². The first-order valence-electron chi connectivity index (χ1n) is 9.22. The molecule has 0 aliphatic rings. The fraction of sp³-hybridized carbons (Fsp3) is 0.200. The standard InChI is InChI=1S/C20H19BrN6O3S/c1-25-14-6-5-12(9-15(14)26(2)20(25)30)22-17(29)10-31-19-24-23-18(27(19)3)13-8-11(21)4-7-16(13)28/h4-9,28H,10H2,1-3H3,(H,22,29). The lowest BCUT2D eigenvalue weighted by atomic mass is 10.2. The molecule has 4 aromatic rings. The van der Waals surface area contributed by atoms with Crippen LogP contribution in [0.4, 0.5) is 5.69 Å². The second kappa shape index (κ2) is 8.23. The number of phenolic OH excluding ortho intramolecular Hbond substituents is 1. The largest absolute Gasteiger partial charge is 0.507 e. The maximum atomic E-state index is 12.5. The molecule has 160 valence electrons. The van der Waals surface area contributed by atoms with Gasteiger partial charge in [-0.25, -0.2) is 4.79 Å².